The lowest BCUT2D eigenvalue weighted by Crippen LogP contribution is -2.40. The number of nitrogens with two attached hydrogens (primary N) is 1. The molecule has 1 saturated heterocycles. The molecule has 29 heavy (non-hydrogen) atoms. The number of aromatic amines is 1. The number of hydrogen-bond acceptors (Lipinski definition) is 11. The zero-order valence-corrected chi connectivity index (χ0v) is 15.8. The molecule has 3 rings (SSSR count). The molecule has 13 nitrogen and oxygen atoms in total. The third-order valence-electron chi connectivity index (χ3n) is 4.07. The maximum absolute atomic E-state index is 12.0. The smallest absolute Gasteiger partial charge is 0.303 e. The number of anilines is 1. The summed E-state index contributed by atoms with van der Waals surface area (Å²) in [6.07, 6.45) is -2.99. The number of nitrogen functional groups attached to an aromatic ring is 1. The Kier molecular flexibility index (Phi) is 5.50. The highest BCUT2D eigenvalue weighted by Gasteiger charge is 2.51. The third kappa shape index (κ3) is 4.18. The van der Waals surface area contributed by atoms with E-state index in [2.05, 4.69) is 15.0 Å². The molecule has 2 aromatic heterocycles. The van der Waals surface area contributed by atoms with E-state index in [-0.39, 0.29) is 23.7 Å². The van der Waals surface area contributed by atoms with E-state index in [1.165, 1.54) is 31.7 Å². The second-order valence-electron chi connectivity index (χ2n) is 6.29. The van der Waals surface area contributed by atoms with Gasteiger partial charge in [0.1, 0.15) is 12.7 Å². The number of aromatic nitrogens is 4. The molecule has 0 spiro atoms. The average Bonchev–Trinajstić information content (AvgIpc) is 3.15. The van der Waals surface area contributed by atoms with Crippen molar-refractivity contribution in [1.29, 1.82) is 0 Å². The summed E-state index contributed by atoms with van der Waals surface area (Å²) in [5.41, 5.74) is 5.09. The summed E-state index contributed by atoms with van der Waals surface area (Å²) in [6, 6.07) is 0. The lowest BCUT2D eigenvalue weighted by Gasteiger charge is -2.23. The van der Waals surface area contributed by atoms with E-state index in [1.54, 1.807) is 0 Å². The topological polar surface area (TPSA) is 178 Å². The van der Waals surface area contributed by atoms with E-state index in [4.69, 9.17) is 24.7 Å². The van der Waals surface area contributed by atoms with Crippen LogP contribution in [0.25, 0.3) is 11.2 Å². The van der Waals surface area contributed by atoms with Crippen LogP contribution in [0.3, 0.4) is 0 Å². The summed E-state index contributed by atoms with van der Waals surface area (Å²) in [5, 5.41) is 0. The molecule has 156 valence electrons. The first-order chi connectivity index (χ1) is 13.7. The van der Waals surface area contributed by atoms with Crippen LogP contribution < -0.4 is 11.3 Å². The van der Waals surface area contributed by atoms with Gasteiger partial charge in [0.2, 0.25) is 5.95 Å². The molecule has 1 aliphatic rings. The Morgan fingerprint density at radius 1 is 1.17 bits per heavy atom. The Bertz CT molecular complexity index is 1010. The van der Waals surface area contributed by atoms with E-state index >= 15 is 0 Å². The molecule has 2 aromatic rings. The second kappa shape index (κ2) is 7.87. The second-order valence-corrected chi connectivity index (χ2v) is 6.29. The Labute approximate surface area is 163 Å². The van der Waals surface area contributed by atoms with Gasteiger partial charge < -0.3 is 24.7 Å². The Balaban J connectivity index is 2.05. The highest BCUT2D eigenvalue weighted by molar-refractivity contribution is 5.71. The van der Waals surface area contributed by atoms with Gasteiger partial charge in [-0.3, -0.25) is 28.7 Å². The van der Waals surface area contributed by atoms with Crippen LogP contribution in [0.1, 0.15) is 27.0 Å². The van der Waals surface area contributed by atoms with Crippen molar-refractivity contribution >= 4 is 35.0 Å². The minimum Gasteiger partial charge on any atom is -0.463 e. The summed E-state index contributed by atoms with van der Waals surface area (Å²) in [6.45, 7) is 3.30. The quantitative estimate of drug-likeness (QED) is 0.458. The number of nitrogens with one attached hydrogen (secondary N) is 1. The van der Waals surface area contributed by atoms with Crippen LogP contribution in [0.2, 0.25) is 0 Å². The molecule has 0 aliphatic carbocycles. The summed E-state index contributed by atoms with van der Waals surface area (Å²) in [4.78, 5) is 56.9. The molecular formula is C16H19N5O8. The van der Waals surface area contributed by atoms with Gasteiger partial charge in [0.05, 0.1) is 6.33 Å². The van der Waals surface area contributed by atoms with E-state index in [0.29, 0.717) is 0 Å². The first-order valence-corrected chi connectivity index (χ1v) is 8.53. The van der Waals surface area contributed by atoms with Crippen molar-refractivity contribution < 1.29 is 33.3 Å². The molecule has 1 fully saturated rings. The molecule has 3 N–H and O–H groups in total. The van der Waals surface area contributed by atoms with Gasteiger partial charge >= 0.3 is 17.9 Å². The fourth-order valence-electron chi connectivity index (χ4n) is 3.05. The zero-order valence-electron chi connectivity index (χ0n) is 15.8. The van der Waals surface area contributed by atoms with Crippen molar-refractivity contribution in [2.45, 2.75) is 45.3 Å². The van der Waals surface area contributed by atoms with Crippen molar-refractivity contribution in [1.82, 2.24) is 19.5 Å². The molecule has 0 unspecified atom stereocenters. The van der Waals surface area contributed by atoms with Crippen molar-refractivity contribution in [3.8, 4) is 0 Å². The molecule has 0 radical (unpaired) electrons. The van der Waals surface area contributed by atoms with Crippen molar-refractivity contribution in [2.24, 2.45) is 0 Å². The van der Waals surface area contributed by atoms with Crippen molar-refractivity contribution in [3.05, 3.63) is 16.7 Å². The van der Waals surface area contributed by atoms with E-state index in [1.807, 2.05) is 0 Å². The summed E-state index contributed by atoms with van der Waals surface area (Å²) < 4.78 is 22.8. The minimum absolute atomic E-state index is 0.0168. The molecular weight excluding hydrogens is 390 g/mol. The summed E-state index contributed by atoms with van der Waals surface area (Å²) >= 11 is 0. The molecule has 0 aromatic carbocycles. The van der Waals surface area contributed by atoms with Gasteiger partial charge in [-0.2, -0.15) is 4.98 Å². The highest BCUT2D eigenvalue weighted by atomic mass is 16.7. The number of ether oxygens (including phenoxy) is 4. The van der Waals surface area contributed by atoms with Crippen LogP contribution in [0.15, 0.2) is 11.1 Å². The number of H-pyrrole nitrogens is 1. The summed E-state index contributed by atoms with van der Waals surface area (Å²) in [5.74, 6) is -2.04. The predicted octanol–water partition coefficient (Wildman–Crippen LogP) is -0.974. The number of nitrogens with zero attached hydrogens (tertiary/aromatic N) is 3. The number of imidazole rings is 1. The lowest BCUT2D eigenvalue weighted by molar-refractivity contribution is -0.166. The molecule has 13 heteroatoms. The summed E-state index contributed by atoms with van der Waals surface area (Å²) in [7, 11) is 0. The van der Waals surface area contributed by atoms with Gasteiger partial charge in [-0.15, -0.1) is 0 Å². The van der Waals surface area contributed by atoms with Gasteiger partial charge in [-0.25, -0.2) is 4.98 Å². The van der Waals surface area contributed by atoms with Crippen LogP contribution in [-0.2, 0) is 33.3 Å². The number of carbonyl (C=O) groups is 3. The average molecular weight is 409 g/mol. The van der Waals surface area contributed by atoms with Crippen LogP contribution in [0.5, 0.6) is 0 Å². The van der Waals surface area contributed by atoms with Gasteiger partial charge in [-0.05, 0) is 0 Å². The van der Waals surface area contributed by atoms with Gasteiger partial charge in [-0.1, -0.05) is 0 Å². The maximum atomic E-state index is 12.0. The predicted molar refractivity (Wildman–Crippen MR) is 94.2 cm³/mol. The fourth-order valence-corrected chi connectivity index (χ4v) is 3.05. The maximum Gasteiger partial charge on any atom is 0.303 e. The standard InChI is InChI=1S/C16H19N5O8/c1-6(22)26-4-9-11(27-7(2)23)12(28-8(3)24)15(29-9)21-5-18-10-13(21)19-16(17)20-14(10)25/h5,9,11-12,15H,4H2,1-3H3,(H3,17,19,20,25)/t9-,11-,12-,15-/m1/s1. The monoisotopic (exact) mass is 409 g/mol. The Morgan fingerprint density at radius 3 is 2.45 bits per heavy atom. The minimum atomic E-state index is -1.13. The van der Waals surface area contributed by atoms with Crippen molar-refractivity contribution in [2.75, 3.05) is 12.3 Å². The van der Waals surface area contributed by atoms with E-state index in [9.17, 15) is 19.2 Å². The first kappa shape index (κ1) is 20.3. The zero-order chi connectivity index (χ0) is 21.3. The largest absolute Gasteiger partial charge is 0.463 e. The highest BCUT2D eigenvalue weighted by Crippen LogP contribution is 2.35. The van der Waals surface area contributed by atoms with Crippen LogP contribution >= 0.6 is 0 Å². The molecule has 4 atom stereocenters. The lowest BCUT2D eigenvalue weighted by atomic mass is 10.1. The van der Waals surface area contributed by atoms with E-state index in [0.717, 1.165) is 0 Å². The molecule has 0 saturated carbocycles. The van der Waals surface area contributed by atoms with Crippen LogP contribution in [0, 0.1) is 0 Å². The molecule has 3 heterocycles. The van der Waals surface area contributed by atoms with Crippen LogP contribution in [0.4, 0.5) is 5.95 Å². The number of esters is 3. The molecule has 1 aliphatic heterocycles. The fraction of sp³-hybridized carbons (Fsp3) is 0.500. The van der Waals surface area contributed by atoms with Crippen LogP contribution in [-0.4, -0.2) is 62.3 Å². The number of hydrogen-bond donors (Lipinski definition) is 2. The number of rotatable bonds is 5. The third-order valence-corrected chi connectivity index (χ3v) is 4.07. The van der Waals surface area contributed by atoms with Gasteiger partial charge in [0.15, 0.2) is 29.6 Å². The molecule has 0 bridgehead atoms. The van der Waals surface area contributed by atoms with Crippen molar-refractivity contribution in [3.63, 3.8) is 0 Å². The SMILES string of the molecule is CC(=O)OC[C@H]1O[C@@H](n2cnc3c(=O)[nH]c(N)nc32)[C@H](OC(C)=O)[C@@H]1OC(C)=O. The Morgan fingerprint density at radius 2 is 1.83 bits per heavy atom. The first-order valence-electron chi connectivity index (χ1n) is 8.53. The van der Waals surface area contributed by atoms with Gasteiger partial charge in [0, 0.05) is 20.8 Å². The van der Waals surface area contributed by atoms with Gasteiger partial charge in [0.25, 0.3) is 5.56 Å². The molecule has 0 amide bonds. The number of carbonyl (C=O) groups excluding carboxylic acids is 3. The normalized spacial score (nSPS) is 23.7. The number of fused-ring (bicyclic) bond motifs is 1. The Hall–Kier alpha value is -3.48. The van der Waals surface area contributed by atoms with E-state index < -0.39 is 48.0 Å².